The fraction of sp³-hybridized carbons (Fsp3) is 0.542. The normalized spacial score (nSPS) is 22.7. The van der Waals surface area contributed by atoms with Gasteiger partial charge in [0.2, 0.25) is 0 Å². The number of alkyl halides is 3. The number of rotatable bonds is 23. The van der Waals surface area contributed by atoms with Gasteiger partial charge in [-0.3, -0.25) is 19.3 Å². The van der Waals surface area contributed by atoms with Gasteiger partial charge in [-0.15, -0.1) is 0 Å². The molecule has 4 bridgehead atoms. The van der Waals surface area contributed by atoms with Gasteiger partial charge in [-0.05, 0) is 182 Å². The number of Topliss-reactive ketones (excluding diaryl/α,β-unsaturated/α-hetero) is 3. The van der Waals surface area contributed by atoms with Crippen molar-refractivity contribution >= 4 is 61.7 Å². The third kappa shape index (κ3) is 16.0. The summed E-state index contributed by atoms with van der Waals surface area (Å²) in [5.74, 6) is 3.61. The van der Waals surface area contributed by atoms with Crippen LogP contribution >= 0.6 is 11.6 Å². The van der Waals surface area contributed by atoms with Crippen LogP contribution in [0.1, 0.15) is 155 Å². The number of methoxy groups -OCH3 is 1. The first-order chi connectivity index (χ1) is 42.0. The van der Waals surface area contributed by atoms with E-state index in [0.717, 1.165) is 161 Å². The predicted octanol–water partition coefficient (Wildman–Crippen LogP) is 16.6. The summed E-state index contributed by atoms with van der Waals surface area (Å²) >= 11 is 5.96. The first kappa shape index (κ1) is 64.2. The lowest BCUT2D eigenvalue weighted by atomic mass is 9.71. The fourth-order valence-electron chi connectivity index (χ4n) is 15.6. The van der Waals surface area contributed by atoms with Gasteiger partial charge in [-0.1, -0.05) is 80.0 Å². The summed E-state index contributed by atoms with van der Waals surface area (Å²) in [6, 6.07) is 31.7. The number of fused-ring (bicyclic) bond motifs is 7. The van der Waals surface area contributed by atoms with E-state index in [4.69, 9.17) is 25.8 Å². The maximum Gasteiger partial charge on any atom is 0.454 e. The molecule has 0 N–H and O–H groups in total. The maximum atomic E-state index is 13.1. The molecule has 0 radical (unpaired) electrons. The lowest BCUT2D eigenvalue weighted by Crippen LogP contribution is -2.46. The minimum Gasteiger partial charge on any atom is -0.490 e. The lowest BCUT2D eigenvalue weighted by molar-refractivity contribution is -0.0884. The van der Waals surface area contributed by atoms with E-state index in [2.05, 4.69) is 69.3 Å². The smallest absolute Gasteiger partial charge is 0.454 e. The van der Waals surface area contributed by atoms with E-state index in [-0.39, 0.29) is 23.2 Å². The molecule has 6 heterocycles. The molecule has 15 heteroatoms. The minimum absolute atomic E-state index is 0.141. The number of para-hydroxylation sites is 3. The Morgan fingerprint density at radius 1 is 0.609 bits per heavy atom. The number of ketones is 3. The van der Waals surface area contributed by atoms with E-state index in [9.17, 15) is 27.6 Å². The van der Waals surface area contributed by atoms with Crippen LogP contribution in [0, 0.1) is 29.6 Å². The van der Waals surface area contributed by atoms with Crippen molar-refractivity contribution in [3.63, 3.8) is 0 Å². The Labute approximate surface area is 517 Å². The maximum absolute atomic E-state index is 13.1. The quantitative estimate of drug-likeness (QED) is 0.0584. The molecule has 3 aromatic heterocycles. The summed E-state index contributed by atoms with van der Waals surface area (Å²) in [7, 11) is 1.82. The molecule has 7 aromatic rings. The van der Waals surface area contributed by atoms with Crippen LogP contribution in [0.3, 0.4) is 0 Å². The van der Waals surface area contributed by atoms with Crippen LogP contribution in [0.4, 0.5) is 13.2 Å². The van der Waals surface area contributed by atoms with Gasteiger partial charge in [0.05, 0.1) is 11.7 Å². The van der Waals surface area contributed by atoms with Crippen LogP contribution < -0.4 is 4.74 Å². The SMILES string of the molecule is CCCOC1CCN(CC(C)Cn2cc(C(C)=O)c3ccccc32)CC1.COCCC1CC2CCC(C1)C2CCCn1cc(C(C)=O)c2ccccc21.O=C(c1cn(CCCN2C3CCC2CC(Oc2ccc(Cl)cc2)C3)c2ccccc12)C(F)(F)F. The minimum atomic E-state index is -4.88. The monoisotopic (exact) mass is 1210 g/mol. The summed E-state index contributed by atoms with van der Waals surface area (Å²) in [5, 5.41) is 3.21. The van der Waals surface area contributed by atoms with Crippen LogP contribution in [-0.2, 0) is 29.1 Å². The molecule has 12 rings (SSSR count). The second kappa shape index (κ2) is 29.7. The molecule has 0 amide bonds. The van der Waals surface area contributed by atoms with E-state index >= 15 is 0 Å². The number of aromatic nitrogens is 3. The average molecular weight is 1210 g/mol. The fourth-order valence-corrected chi connectivity index (χ4v) is 15.7. The molecule has 2 saturated carbocycles. The number of likely N-dealkylation sites (tertiary alicyclic amines) is 1. The molecule has 5 fully saturated rings. The van der Waals surface area contributed by atoms with Gasteiger partial charge in [-0.2, -0.15) is 13.2 Å². The third-order valence-corrected chi connectivity index (χ3v) is 19.9. The highest BCUT2D eigenvalue weighted by molar-refractivity contribution is 6.30. The summed E-state index contributed by atoms with van der Waals surface area (Å²) in [6.45, 7) is 16.4. The largest absolute Gasteiger partial charge is 0.490 e. The first-order valence-corrected chi connectivity index (χ1v) is 32.8. The Hall–Kier alpha value is -5.77. The second-order valence-corrected chi connectivity index (χ2v) is 26.2. The number of nitrogens with zero attached hydrogens (tertiary/aromatic N) is 5. The number of hydrogen-bond acceptors (Lipinski definition) is 8. The molecule has 5 atom stereocenters. The van der Waals surface area contributed by atoms with Gasteiger partial charge in [0.15, 0.2) is 11.6 Å². The van der Waals surface area contributed by atoms with Gasteiger partial charge >= 0.3 is 6.18 Å². The molecule has 3 saturated heterocycles. The molecular weight excluding hydrogens is 1120 g/mol. The zero-order valence-electron chi connectivity index (χ0n) is 51.8. The van der Waals surface area contributed by atoms with Crippen LogP contribution in [0.2, 0.25) is 5.02 Å². The summed E-state index contributed by atoms with van der Waals surface area (Å²) in [6.07, 6.45) is 19.2. The van der Waals surface area contributed by atoms with E-state index < -0.39 is 12.0 Å². The molecule has 5 aliphatic rings. The lowest BCUT2D eigenvalue weighted by Gasteiger charge is -2.39. The first-order valence-electron chi connectivity index (χ1n) is 32.4. The van der Waals surface area contributed by atoms with Crippen molar-refractivity contribution in [3.8, 4) is 5.75 Å². The van der Waals surface area contributed by atoms with Gasteiger partial charge in [-0.25, -0.2) is 0 Å². The Morgan fingerprint density at radius 3 is 1.69 bits per heavy atom. The van der Waals surface area contributed by atoms with Crippen molar-refractivity contribution in [1.82, 2.24) is 23.5 Å². The van der Waals surface area contributed by atoms with Crippen LogP contribution in [-0.4, -0.2) is 118 Å². The summed E-state index contributed by atoms with van der Waals surface area (Å²) in [4.78, 5) is 40.9. The number of ether oxygens (including phenoxy) is 3. The van der Waals surface area contributed by atoms with Crippen molar-refractivity contribution in [1.29, 1.82) is 0 Å². The van der Waals surface area contributed by atoms with E-state index in [1.807, 2.05) is 55.8 Å². The molecule has 4 aromatic carbocycles. The van der Waals surface area contributed by atoms with Crippen LogP contribution in [0.25, 0.3) is 32.7 Å². The number of carbonyl (C=O) groups is 3. The topological polar surface area (TPSA) is 100 Å². The Kier molecular flexibility index (Phi) is 21.9. The van der Waals surface area contributed by atoms with Gasteiger partial charge in [0.1, 0.15) is 11.9 Å². The zero-order chi connectivity index (χ0) is 61.2. The highest BCUT2D eigenvalue weighted by Gasteiger charge is 2.44. The van der Waals surface area contributed by atoms with Gasteiger partial charge < -0.3 is 32.8 Å². The second-order valence-electron chi connectivity index (χ2n) is 25.8. The van der Waals surface area contributed by atoms with Crippen molar-refractivity contribution in [2.45, 2.75) is 174 Å². The number of piperidine rings is 2. The number of halogens is 4. The van der Waals surface area contributed by atoms with Crippen molar-refractivity contribution < 1.29 is 41.8 Å². The Balaban J connectivity index is 0.000000146. The van der Waals surface area contributed by atoms with Gasteiger partial charge in [0.25, 0.3) is 5.78 Å². The zero-order valence-corrected chi connectivity index (χ0v) is 52.6. The molecule has 11 nitrogen and oxygen atoms in total. The van der Waals surface area contributed by atoms with Crippen molar-refractivity contribution in [2.24, 2.45) is 29.6 Å². The predicted molar refractivity (Wildman–Crippen MR) is 342 cm³/mol. The van der Waals surface area contributed by atoms with E-state index in [0.29, 0.717) is 46.6 Å². The Morgan fingerprint density at radius 2 is 1.14 bits per heavy atom. The average Bonchev–Trinajstić information content (AvgIpc) is 2.62. The molecular formula is C72H91ClF3N5O6. The molecule has 0 spiro atoms. The van der Waals surface area contributed by atoms with Gasteiger partial charge in [0, 0.05) is 146 Å². The van der Waals surface area contributed by atoms with Crippen molar-refractivity contribution in [3.05, 3.63) is 137 Å². The molecule has 468 valence electrons. The standard InChI is InChI=1S/C26H26ClF3N2O2.C24H33NO2.C22H32N2O2/c27-17-6-10-20(11-7-17)34-21-14-18-8-9-19(15-21)32(18)13-3-12-31-16-23(25(33)26(28,29)30)22-4-1-2-5-24(22)31;1-17(26)23-16-25(24-8-4-3-6-22(23)24)12-5-7-21-19-9-10-20(21)15-18(14-19)11-13-27-2;1-4-13-26-19-9-11-23(12-10-19)14-17(2)15-24-16-21(18(3)25)20-7-5-6-8-22(20)24/h1-2,4-7,10-11,16,18-19,21H,3,8-9,12-15H2;3-4,6,8,16,18-21H,5,7,9-15H2,1-2H3;5-8,16-17,19H,4,9-15H2,1-3H3. The van der Waals surface area contributed by atoms with E-state index in [1.165, 1.54) is 56.7 Å². The van der Waals surface area contributed by atoms with Crippen LogP contribution in [0.15, 0.2) is 116 Å². The number of benzene rings is 4. The summed E-state index contributed by atoms with van der Waals surface area (Å²) < 4.78 is 62.9. The highest BCUT2D eigenvalue weighted by Crippen LogP contribution is 2.51. The molecule has 87 heavy (non-hydrogen) atoms. The molecule has 2 aliphatic carbocycles. The van der Waals surface area contributed by atoms with Crippen LogP contribution in [0.5, 0.6) is 5.75 Å². The number of hydrogen-bond donors (Lipinski definition) is 0. The molecule has 5 unspecified atom stereocenters. The molecule has 3 aliphatic heterocycles. The highest BCUT2D eigenvalue weighted by atomic mass is 35.5. The third-order valence-electron chi connectivity index (χ3n) is 19.6. The summed E-state index contributed by atoms with van der Waals surface area (Å²) in [5.41, 5.74) is 4.45. The number of carbonyl (C=O) groups excluding carboxylic acids is 3. The Bertz CT molecular complexity index is 3370. The van der Waals surface area contributed by atoms with Crippen molar-refractivity contribution in [2.75, 3.05) is 46.5 Å². The number of aryl methyl sites for hydroxylation is 2. The van der Waals surface area contributed by atoms with E-state index in [1.54, 1.807) is 42.7 Å².